The monoisotopic (exact) mass is 362 g/mol. The van der Waals surface area contributed by atoms with Gasteiger partial charge in [-0.25, -0.2) is 9.89 Å². The lowest BCUT2D eigenvalue weighted by Gasteiger charge is -2.10. The van der Waals surface area contributed by atoms with Crippen molar-refractivity contribution in [1.29, 1.82) is 0 Å². The highest BCUT2D eigenvalue weighted by atomic mass is 32.2. The van der Waals surface area contributed by atoms with Gasteiger partial charge in [0.2, 0.25) is 5.91 Å². The number of aromatic amines is 1. The number of aromatic nitrogens is 3. The first-order valence-electron chi connectivity index (χ1n) is 7.92. The maximum Gasteiger partial charge on any atom is 0.344 e. The molecule has 1 aromatic carbocycles. The Kier molecular flexibility index (Phi) is 5.67. The Morgan fingerprint density at radius 2 is 2.16 bits per heavy atom. The average molecular weight is 362 g/mol. The van der Waals surface area contributed by atoms with E-state index in [1.165, 1.54) is 4.57 Å². The zero-order valence-electron chi connectivity index (χ0n) is 13.4. The summed E-state index contributed by atoms with van der Waals surface area (Å²) < 4.78 is 6.99. The summed E-state index contributed by atoms with van der Waals surface area (Å²) in [5.41, 5.74) is 0.0784. The minimum atomic E-state index is -0.454. The second-order valence-electron chi connectivity index (χ2n) is 5.59. The fraction of sp³-hybridized carbons (Fsp3) is 0.375. The van der Waals surface area contributed by atoms with E-state index in [4.69, 9.17) is 4.74 Å². The summed E-state index contributed by atoms with van der Waals surface area (Å²) in [6, 6.07) is 8.49. The number of nitrogens with one attached hydrogen (secondary N) is 2. The van der Waals surface area contributed by atoms with Crippen LogP contribution in [0, 0.1) is 0 Å². The average Bonchev–Trinajstić information content (AvgIpc) is 3.25. The highest BCUT2D eigenvalue weighted by Crippen LogP contribution is 2.17. The third-order valence-corrected chi connectivity index (χ3v) is 4.73. The van der Waals surface area contributed by atoms with Crippen LogP contribution in [0.25, 0.3) is 0 Å². The molecule has 1 aromatic heterocycles. The quantitative estimate of drug-likeness (QED) is 0.736. The lowest BCUT2D eigenvalue weighted by molar-refractivity contribution is -0.117. The summed E-state index contributed by atoms with van der Waals surface area (Å²) >= 11 is 1.10. The molecule has 1 aliphatic heterocycles. The van der Waals surface area contributed by atoms with Gasteiger partial charge < -0.3 is 4.74 Å². The molecule has 0 saturated carbocycles. The van der Waals surface area contributed by atoms with Crippen molar-refractivity contribution in [2.45, 2.75) is 30.6 Å². The summed E-state index contributed by atoms with van der Waals surface area (Å²) in [5.74, 6) is -0.920. The van der Waals surface area contributed by atoms with Crippen LogP contribution >= 0.6 is 11.8 Å². The lowest BCUT2D eigenvalue weighted by atomic mass is 10.2. The van der Waals surface area contributed by atoms with Crippen LogP contribution in [0.15, 0.2) is 40.3 Å². The fourth-order valence-corrected chi connectivity index (χ4v) is 3.28. The predicted octanol–water partition coefficient (Wildman–Crippen LogP) is 0.799. The van der Waals surface area contributed by atoms with E-state index in [0.29, 0.717) is 23.9 Å². The molecule has 132 valence electrons. The molecular formula is C16H18N4O4S. The van der Waals surface area contributed by atoms with Crippen molar-refractivity contribution in [3.05, 3.63) is 46.4 Å². The van der Waals surface area contributed by atoms with Crippen molar-refractivity contribution >= 4 is 23.6 Å². The Labute approximate surface area is 148 Å². The van der Waals surface area contributed by atoms with E-state index in [9.17, 15) is 14.4 Å². The molecule has 1 aliphatic rings. The Hall–Kier alpha value is -2.39. The number of nitrogens with zero attached hydrogens (tertiary/aromatic N) is 2. The Bertz CT molecular complexity index is 796. The number of hydrogen-bond donors (Lipinski definition) is 2. The van der Waals surface area contributed by atoms with Crippen molar-refractivity contribution < 1.29 is 14.3 Å². The molecule has 8 nitrogen and oxygen atoms in total. The highest BCUT2D eigenvalue weighted by Gasteiger charge is 2.20. The molecule has 3 rings (SSSR count). The standard InChI is InChI=1S/C16H18N4O4S/c21-13(17-14(22)11-5-2-1-3-6-11)10-25-16-19-18-15(23)20(16)9-12-7-4-8-24-12/h1-3,5-6,12H,4,7-10H2,(H,18,23)(H,17,21,22)/t12-/m1/s1. The SMILES string of the molecule is O=C(CSc1n[nH]c(=O)n1C[C@H]1CCCO1)NC(=O)c1ccccc1. The van der Waals surface area contributed by atoms with Gasteiger partial charge in [-0.15, -0.1) is 5.10 Å². The molecule has 0 aliphatic carbocycles. The molecule has 2 aromatic rings. The first-order chi connectivity index (χ1) is 12.1. The maximum atomic E-state index is 12.0. The van der Waals surface area contributed by atoms with Crippen LogP contribution in [-0.2, 0) is 16.1 Å². The zero-order valence-corrected chi connectivity index (χ0v) is 14.3. The van der Waals surface area contributed by atoms with Gasteiger partial charge in [-0.1, -0.05) is 30.0 Å². The van der Waals surface area contributed by atoms with E-state index in [0.717, 1.165) is 24.6 Å². The van der Waals surface area contributed by atoms with E-state index in [1.807, 2.05) is 0 Å². The van der Waals surface area contributed by atoms with E-state index in [2.05, 4.69) is 15.5 Å². The van der Waals surface area contributed by atoms with E-state index in [1.54, 1.807) is 30.3 Å². The van der Waals surface area contributed by atoms with Crippen LogP contribution in [0.3, 0.4) is 0 Å². The van der Waals surface area contributed by atoms with E-state index in [-0.39, 0.29) is 17.5 Å². The summed E-state index contributed by atoms with van der Waals surface area (Å²) in [5, 5.41) is 9.04. The number of ether oxygens (including phenoxy) is 1. The Balaban J connectivity index is 1.55. The smallest absolute Gasteiger partial charge is 0.344 e. The number of amides is 2. The summed E-state index contributed by atoms with van der Waals surface area (Å²) in [7, 11) is 0. The summed E-state index contributed by atoms with van der Waals surface area (Å²) in [6.07, 6.45) is 1.86. The third kappa shape index (κ3) is 4.58. The summed E-state index contributed by atoms with van der Waals surface area (Å²) in [6.45, 7) is 1.10. The molecule has 2 N–H and O–H groups in total. The molecule has 1 saturated heterocycles. The normalized spacial score (nSPS) is 16.7. The van der Waals surface area contributed by atoms with Gasteiger partial charge >= 0.3 is 5.69 Å². The fourth-order valence-electron chi connectivity index (χ4n) is 2.52. The molecular weight excluding hydrogens is 344 g/mol. The number of rotatable bonds is 6. The third-order valence-electron chi connectivity index (χ3n) is 3.75. The molecule has 1 atom stereocenters. The molecule has 0 bridgehead atoms. The van der Waals surface area contributed by atoms with Crippen molar-refractivity contribution in [3.63, 3.8) is 0 Å². The first-order valence-corrected chi connectivity index (χ1v) is 8.91. The minimum absolute atomic E-state index is 0.0110. The van der Waals surface area contributed by atoms with Crippen LogP contribution in [0.5, 0.6) is 0 Å². The number of H-pyrrole nitrogens is 1. The number of thioether (sulfide) groups is 1. The van der Waals surface area contributed by atoms with Crippen LogP contribution in [-0.4, -0.2) is 45.0 Å². The van der Waals surface area contributed by atoms with Crippen molar-refractivity contribution in [3.8, 4) is 0 Å². The van der Waals surface area contributed by atoms with Gasteiger partial charge in [-0.05, 0) is 25.0 Å². The minimum Gasteiger partial charge on any atom is -0.376 e. The topological polar surface area (TPSA) is 106 Å². The number of carbonyl (C=O) groups excluding carboxylic acids is 2. The predicted molar refractivity (Wildman–Crippen MR) is 91.5 cm³/mol. The van der Waals surface area contributed by atoms with Crippen LogP contribution < -0.4 is 11.0 Å². The molecule has 1 fully saturated rings. The maximum absolute atomic E-state index is 12.0. The Morgan fingerprint density at radius 1 is 1.36 bits per heavy atom. The number of carbonyl (C=O) groups is 2. The molecule has 9 heteroatoms. The van der Waals surface area contributed by atoms with Crippen molar-refractivity contribution in [1.82, 2.24) is 20.1 Å². The second kappa shape index (κ2) is 8.13. The van der Waals surface area contributed by atoms with Crippen molar-refractivity contribution in [2.24, 2.45) is 0 Å². The van der Waals surface area contributed by atoms with Crippen LogP contribution in [0.2, 0.25) is 0 Å². The molecule has 25 heavy (non-hydrogen) atoms. The van der Waals surface area contributed by atoms with E-state index >= 15 is 0 Å². The van der Waals surface area contributed by atoms with Gasteiger partial charge in [0.25, 0.3) is 5.91 Å². The van der Waals surface area contributed by atoms with Crippen molar-refractivity contribution in [2.75, 3.05) is 12.4 Å². The Morgan fingerprint density at radius 3 is 2.88 bits per heavy atom. The van der Waals surface area contributed by atoms with Gasteiger partial charge in [0.05, 0.1) is 18.4 Å². The highest BCUT2D eigenvalue weighted by molar-refractivity contribution is 7.99. The van der Waals surface area contributed by atoms with E-state index < -0.39 is 11.8 Å². The zero-order chi connectivity index (χ0) is 17.6. The van der Waals surface area contributed by atoms with Gasteiger partial charge in [-0.2, -0.15) is 0 Å². The van der Waals surface area contributed by atoms with Crippen LogP contribution in [0.4, 0.5) is 0 Å². The molecule has 0 unspecified atom stereocenters. The first kappa shape index (κ1) is 17.4. The van der Waals surface area contributed by atoms with Crippen LogP contribution in [0.1, 0.15) is 23.2 Å². The lowest BCUT2D eigenvalue weighted by Crippen LogP contribution is -2.32. The summed E-state index contributed by atoms with van der Waals surface area (Å²) in [4.78, 5) is 35.7. The second-order valence-corrected chi connectivity index (χ2v) is 6.53. The van der Waals surface area contributed by atoms with Gasteiger partial charge in [0, 0.05) is 12.2 Å². The molecule has 0 radical (unpaired) electrons. The van der Waals surface area contributed by atoms with Gasteiger partial charge in [0.1, 0.15) is 0 Å². The van der Waals surface area contributed by atoms with Gasteiger partial charge in [0.15, 0.2) is 5.16 Å². The number of hydrogen-bond acceptors (Lipinski definition) is 6. The number of imide groups is 1. The molecule has 2 heterocycles. The number of benzene rings is 1. The molecule has 0 spiro atoms. The van der Waals surface area contributed by atoms with Gasteiger partial charge in [-0.3, -0.25) is 19.5 Å². The molecule has 2 amide bonds. The largest absolute Gasteiger partial charge is 0.376 e.